The van der Waals surface area contributed by atoms with Crippen LogP contribution in [0, 0.1) is 0 Å². The summed E-state index contributed by atoms with van der Waals surface area (Å²) >= 11 is 5.82. The minimum absolute atomic E-state index is 0.191. The molecule has 0 radical (unpaired) electrons. The molecule has 0 aliphatic rings. The molecule has 0 saturated carbocycles. The summed E-state index contributed by atoms with van der Waals surface area (Å²) in [6.07, 6.45) is 0. The molecule has 17 heavy (non-hydrogen) atoms. The number of halogens is 1. The van der Waals surface area contributed by atoms with Crippen LogP contribution in [0.5, 0.6) is 0 Å². The van der Waals surface area contributed by atoms with E-state index in [9.17, 15) is 4.79 Å². The van der Waals surface area contributed by atoms with E-state index in [2.05, 4.69) is 10.4 Å². The number of anilines is 1. The van der Waals surface area contributed by atoms with Gasteiger partial charge in [-0.3, -0.25) is 0 Å². The first kappa shape index (κ1) is 11.7. The molecule has 90 valence electrons. The van der Waals surface area contributed by atoms with E-state index in [1.165, 1.54) is 9.25 Å². The maximum atomic E-state index is 11.9. The van der Waals surface area contributed by atoms with Crippen molar-refractivity contribution in [1.29, 1.82) is 0 Å². The lowest BCUT2D eigenvalue weighted by Crippen LogP contribution is -2.22. The molecule has 2 rings (SSSR count). The average molecular weight is 253 g/mol. The van der Waals surface area contributed by atoms with Crippen molar-refractivity contribution in [3.05, 3.63) is 39.8 Å². The highest BCUT2D eigenvalue weighted by Crippen LogP contribution is 2.14. The van der Waals surface area contributed by atoms with Crippen LogP contribution in [0.25, 0.3) is 5.69 Å². The normalized spacial score (nSPS) is 10.5. The van der Waals surface area contributed by atoms with Crippen LogP contribution >= 0.6 is 11.6 Å². The van der Waals surface area contributed by atoms with Crippen molar-refractivity contribution < 1.29 is 0 Å². The Bertz CT molecular complexity index is 570. The van der Waals surface area contributed by atoms with Gasteiger partial charge in [-0.15, -0.1) is 5.10 Å². The third-order valence-corrected chi connectivity index (χ3v) is 2.60. The van der Waals surface area contributed by atoms with Crippen LogP contribution in [-0.4, -0.2) is 20.9 Å². The SMILES string of the molecule is CCNc1nn(C)c(=O)n1-c1ccc(Cl)cc1. The molecule has 1 aromatic heterocycles. The van der Waals surface area contributed by atoms with Crippen molar-refractivity contribution in [3.63, 3.8) is 0 Å². The first-order valence-electron chi connectivity index (χ1n) is 5.29. The Morgan fingerprint density at radius 1 is 1.35 bits per heavy atom. The van der Waals surface area contributed by atoms with Crippen LogP contribution in [0.4, 0.5) is 5.95 Å². The number of benzene rings is 1. The molecule has 1 N–H and O–H groups in total. The van der Waals surface area contributed by atoms with Gasteiger partial charge in [-0.1, -0.05) is 11.6 Å². The molecule has 5 nitrogen and oxygen atoms in total. The number of nitrogens with zero attached hydrogens (tertiary/aromatic N) is 3. The number of nitrogens with one attached hydrogen (secondary N) is 1. The second kappa shape index (κ2) is 4.63. The highest BCUT2D eigenvalue weighted by Gasteiger charge is 2.11. The van der Waals surface area contributed by atoms with Gasteiger partial charge in [0.05, 0.1) is 5.69 Å². The lowest BCUT2D eigenvalue weighted by molar-refractivity contribution is 0.726. The first-order chi connectivity index (χ1) is 8.13. The van der Waals surface area contributed by atoms with E-state index < -0.39 is 0 Å². The average Bonchev–Trinajstić information content (AvgIpc) is 2.57. The molecule has 0 saturated heterocycles. The molecule has 2 aromatic rings. The molecule has 6 heteroatoms. The Labute approximate surface area is 104 Å². The third-order valence-electron chi connectivity index (χ3n) is 2.34. The van der Waals surface area contributed by atoms with E-state index in [1.54, 1.807) is 31.3 Å². The lowest BCUT2D eigenvalue weighted by Gasteiger charge is -2.05. The molecule has 0 aliphatic heterocycles. The van der Waals surface area contributed by atoms with Crippen molar-refractivity contribution in [2.24, 2.45) is 7.05 Å². The van der Waals surface area contributed by atoms with E-state index in [-0.39, 0.29) is 5.69 Å². The molecule has 0 amide bonds. The van der Waals surface area contributed by atoms with Gasteiger partial charge < -0.3 is 5.32 Å². The largest absolute Gasteiger partial charge is 0.354 e. The van der Waals surface area contributed by atoms with Gasteiger partial charge in [-0.2, -0.15) is 0 Å². The quantitative estimate of drug-likeness (QED) is 0.904. The maximum Gasteiger partial charge on any atom is 0.351 e. The van der Waals surface area contributed by atoms with Gasteiger partial charge in [0.15, 0.2) is 0 Å². The third kappa shape index (κ3) is 2.19. The molecular weight excluding hydrogens is 240 g/mol. The smallest absolute Gasteiger partial charge is 0.351 e. The Balaban J connectivity index is 2.57. The maximum absolute atomic E-state index is 11.9. The van der Waals surface area contributed by atoms with Crippen LogP contribution in [-0.2, 0) is 7.05 Å². The molecule has 0 atom stereocenters. The van der Waals surface area contributed by atoms with Gasteiger partial charge in [0.1, 0.15) is 0 Å². The summed E-state index contributed by atoms with van der Waals surface area (Å²) in [5.41, 5.74) is 0.548. The fourth-order valence-electron chi connectivity index (χ4n) is 1.56. The van der Waals surface area contributed by atoms with Crippen LogP contribution in [0.2, 0.25) is 5.02 Å². The summed E-state index contributed by atoms with van der Waals surface area (Å²) in [7, 11) is 1.62. The predicted octanol–water partition coefficient (Wildman–Crippen LogP) is 1.66. The Kier molecular flexibility index (Phi) is 3.19. The molecule has 1 heterocycles. The first-order valence-corrected chi connectivity index (χ1v) is 5.67. The van der Waals surface area contributed by atoms with Gasteiger partial charge in [0, 0.05) is 18.6 Å². The second-order valence-corrected chi connectivity index (χ2v) is 4.01. The summed E-state index contributed by atoms with van der Waals surface area (Å²) in [6, 6.07) is 7.05. The molecule has 0 spiro atoms. The lowest BCUT2D eigenvalue weighted by atomic mass is 10.3. The van der Waals surface area contributed by atoms with Crippen molar-refractivity contribution in [2.45, 2.75) is 6.92 Å². The van der Waals surface area contributed by atoms with Gasteiger partial charge in [0.2, 0.25) is 5.95 Å². The summed E-state index contributed by atoms with van der Waals surface area (Å²) < 4.78 is 2.81. The monoisotopic (exact) mass is 252 g/mol. The number of rotatable bonds is 3. The zero-order valence-corrected chi connectivity index (χ0v) is 10.4. The molecule has 0 unspecified atom stereocenters. The standard InChI is InChI=1S/C11H13ClN4O/c1-3-13-10-14-15(2)11(17)16(10)9-6-4-8(12)5-7-9/h4-7H,3H2,1-2H3,(H,13,14). The Morgan fingerprint density at radius 3 is 2.59 bits per heavy atom. The van der Waals surface area contributed by atoms with Crippen molar-refractivity contribution in [2.75, 3.05) is 11.9 Å². The van der Waals surface area contributed by atoms with Crippen LogP contribution < -0.4 is 11.0 Å². The summed E-state index contributed by atoms with van der Waals surface area (Å²) in [5, 5.41) is 7.81. The molecule has 0 fully saturated rings. The summed E-state index contributed by atoms with van der Waals surface area (Å²) in [6.45, 7) is 2.65. The molecule has 0 bridgehead atoms. The highest BCUT2D eigenvalue weighted by molar-refractivity contribution is 6.30. The number of hydrogen-bond acceptors (Lipinski definition) is 3. The topological polar surface area (TPSA) is 51.9 Å². The van der Waals surface area contributed by atoms with Gasteiger partial charge in [-0.05, 0) is 31.2 Å². The van der Waals surface area contributed by atoms with Crippen molar-refractivity contribution in [1.82, 2.24) is 14.3 Å². The zero-order chi connectivity index (χ0) is 12.4. The van der Waals surface area contributed by atoms with Crippen molar-refractivity contribution in [3.8, 4) is 5.69 Å². The fourth-order valence-corrected chi connectivity index (χ4v) is 1.69. The minimum atomic E-state index is -0.191. The van der Waals surface area contributed by atoms with E-state index in [4.69, 9.17) is 11.6 Å². The molecule has 0 aliphatic carbocycles. The second-order valence-electron chi connectivity index (χ2n) is 3.57. The fraction of sp³-hybridized carbons (Fsp3) is 0.273. The Hall–Kier alpha value is -1.75. The Morgan fingerprint density at radius 2 is 2.00 bits per heavy atom. The van der Waals surface area contributed by atoms with E-state index in [0.717, 1.165) is 5.69 Å². The van der Waals surface area contributed by atoms with Crippen LogP contribution in [0.15, 0.2) is 29.1 Å². The summed E-state index contributed by atoms with van der Waals surface area (Å²) in [5.74, 6) is 0.530. The molecular formula is C11H13ClN4O. The minimum Gasteiger partial charge on any atom is -0.354 e. The predicted molar refractivity (Wildman–Crippen MR) is 68.0 cm³/mol. The number of hydrogen-bond donors (Lipinski definition) is 1. The number of aryl methyl sites for hydroxylation is 1. The molecule has 1 aromatic carbocycles. The van der Waals surface area contributed by atoms with E-state index in [0.29, 0.717) is 17.5 Å². The van der Waals surface area contributed by atoms with E-state index >= 15 is 0 Å². The van der Waals surface area contributed by atoms with Gasteiger partial charge in [-0.25, -0.2) is 14.0 Å². The van der Waals surface area contributed by atoms with Crippen molar-refractivity contribution >= 4 is 17.5 Å². The zero-order valence-electron chi connectivity index (χ0n) is 9.64. The number of aromatic nitrogens is 3. The van der Waals surface area contributed by atoms with Crippen LogP contribution in [0.3, 0.4) is 0 Å². The summed E-state index contributed by atoms with van der Waals surface area (Å²) in [4.78, 5) is 11.9. The highest BCUT2D eigenvalue weighted by atomic mass is 35.5. The van der Waals surface area contributed by atoms with Gasteiger partial charge >= 0.3 is 5.69 Å². The van der Waals surface area contributed by atoms with Crippen LogP contribution in [0.1, 0.15) is 6.92 Å². The van der Waals surface area contributed by atoms with Gasteiger partial charge in [0.25, 0.3) is 0 Å². The van der Waals surface area contributed by atoms with E-state index in [1.807, 2.05) is 6.92 Å².